The molecule has 17 heavy (non-hydrogen) atoms. The van der Waals surface area contributed by atoms with Gasteiger partial charge in [-0.1, -0.05) is 24.3 Å². The monoisotopic (exact) mass is 240 g/mol. The molecule has 2 aromatic rings. The Morgan fingerprint density at radius 1 is 1.29 bits per heavy atom. The molecule has 0 saturated heterocycles. The van der Waals surface area contributed by atoms with E-state index in [1.165, 1.54) is 22.4 Å². The van der Waals surface area contributed by atoms with Crippen LogP contribution in [0.25, 0.3) is 11.3 Å². The van der Waals surface area contributed by atoms with Crippen LogP contribution in [-0.2, 0) is 19.3 Å². The SMILES string of the molecule is N#CCc1nc2c(s1)CCCc1ccccc1-2. The Hall–Kier alpha value is -1.66. The molecule has 3 rings (SSSR count). The molecular formula is C14H12N2S. The molecule has 0 N–H and O–H groups in total. The van der Waals surface area contributed by atoms with Crippen molar-refractivity contribution < 1.29 is 0 Å². The van der Waals surface area contributed by atoms with Crippen LogP contribution in [0.4, 0.5) is 0 Å². The van der Waals surface area contributed by atoms with Gasteiger partial charge in [0.1, 0.15) is 5.01 Å². The van der Waals surface area contributed by atoms with Crippen LogP contribution in [0.2, 0.25) is 0 Å². The molecule has 0 bridgehead atoms. The third-order valence-electron chi connectivity index (χ3n) is 3.09. The van der Waals surface area contributed by atoms with Crippen LogP contribution in [0.3, 0.4) is 0 Å². The maximum atomic E-state index is 8.75. The smallest absolute Gasteiger partial charge is 0.108 e. The molecule has 1 aliphatic carbocycles. The van der Waals surface area contributed by atoms with Crippen LogP contribution in [0.5, 0.6) is 0 Å². The van der Waals surface area contributed by atoms with E-state index in [4.69, 9.17) is 5.26 Å². The van der Waals surface area contributed by atoms with E-state index in [2.05, 4.69) is 35.3 Å². The van der Waals surface area contributed by atoms with E-state index in [0.717, 1.165) is 23.5 Å². The fourth-order valence-electron chi connectivity index (χ4n) is 2.33. The van der Waals surface area contributed by atoms with E-state index in [-0.39, 0.29) is 0 Å². The number of aryl methyl sites for hydroxylation is 2. The van der Waals surface area contributed by atoms with Crippen molar-refractivity contribution in [3.8, 4) is 17.3 Å². The molecule has 84 valence electrons. The van der Waals surface area contributed by atoms with Crippen LogP contribution in [-0.4, -0.2) is 4.98 Å². The zero-order chi connectivity index (χ0) is 11.7. The topological polar surface area (TPSA) is 36.7 Å². The minimum Gasteiger partial charge on any atom is -0.240 e. The summed E-state index contributed by atoms with van der Waals surface area (Å²) in [7, 11) is 0. The maximum Gasteiger partial charge on any atom is 0.108 e. The van der Waals surface area contributed by atoms with Crippen LogP contribution in [0.15, 0.2) is 24.3 Å². The molecule has 0 unspecified atom stereocenters. The summed E-state index contributed by atoms with van der Waals surface area (Å²) in [6.45, 7) is 0. The molecule has 0 amide bonds. The largest absolute Gasteiger partial charge is 0.240 e. The zero-order valence-electron chi connectivity index (χ0n) is 9.44. The standard InChI is InChI=1S/C14H12N2S/c15-9-8-13-16-14-11-6-2-1-4-10(11)5-3-7-12(14)17-13/h1-2,4,6H,3,5,7-8H2. The van der Waals surface area contributed by atoms with Gasteiger partial charge in [0.05, 0.1) is 18.2 Å². The van der Waals surface area contributed by atoms with Crippen molar-refractivity contribution in [3.05, 3.63) is 39.7 Å². The second-order valence-electron chi connectivity index (χ2n) is 4.22. The molecule has 0 fully saturated rings. The molecule has 1 aliphatic rings. The summed E-state index contributed by atoms with van der Waals surface area (Å²) < 4.78 is 0. The predicted molar refractivity (Wildman–Crippen MR) is 68.9 cm³/mol. The Morgan fingerprint density at radius 2 is 2.18 bits per heavy atom. The average molecular weight is 240 g/mol. The quantitative estimate of drug-likeness (QED) is 0.766. The first-order chi connectivity index (χ1) is 8.38. The number of nitriles is 1. The van der Waals surface area contributed by atoms with E-state index in [0.29, 0.717) is 6.42 Å². The van der Waals surface area contributed by atoms with Gasteiger partial charge in [-0.05, 0) is 24.8 Å². The minimum absolute atomic E-state index is 0.430. The Morgan fingerprint density at radius 3 is 3.06 bits per heavy atom. The Labute approximate surface area is 105 Å². The first kappa shape index (κ1) is 10.5. The van der Waals surface area contributed by atoms with Gasteiger partial charge in [-0.3, -0.25) is 0 Å². The molecule has 0 saturated carbocycles. The van der Waals surface area contributed by atoms with Crippen molar-refractivity contribution in [2.24, 2.45) is 0 Å². The number of benzene rings is 1. The van der Waals surface area contributed by atoms with E-state index in [1.54, 1.807) is 11.3 Å². The second-order valence-corrected chi connectivity index (χ2v) is 5.39. The van der Waals surface area contributed by atoms with E-state index in [1.807, 2.05) is 0 Å². The molecule has 0 aliphatic heterocycles. The zero-order valence-corrected chi connectivity index (χ0v) is 10.3. The number of thiazole rings is 1. The normalized spacial score (nSPS) is 13.4. The lowest BCUT2D eigenvalue weighted by molar-refractivity contribution is 0.843. The van der Waals surface area contributed by atoms with Gasteiger partial charge in [0.25, 0.3) is 0 Å². The van der Waals surface area contributed by atoms with Gasteiger partial charge in [0, 0.05) is 10.4 Å². The third-order valence-corrected chi connectivity index (χ3v) is 4.21. The van der Waals surface area contributed by atoms with Gasteiger partial charge in [0.15, 0.2) is 0 Å². The summed E-state index contributed by atoms with van der Waals surface area (Å²) in [6, 6.07) is 10.7. The maximum absolute atomic E-state index is 8.75. The lowest BCUT2D eigenvalue weighted by atomic mass is 10.0. The summed E-state index contributed by atoms with van der Waals surface area (Å²) in [5.41, 5.74) is 3.77. The molecule has 1 heterocycles. The Bertz CT molecular complexity index is 593. The summed E-state index contributed by atoms with van der Waals surface area (Å²) in [5, 5.41) is 9.70. The number of aromatic nitrogens is 1. The number of hydrogen-bond acceptors (Lipinski definition) is 3. The number of hydrogen-bond donors (Lipinski definition) is 0. The molecule has 1 aromatic carbocycles. The van der Waals surface area contributed by atoms with Crippen molar-refractivity contribution in [1.29, 1.82) is 5.26 Å². The van der Waals surface area contributed by atoms with Crippen molar-refractivity contribution in [2.75, 3.05) is 0 Å². The summed E-state index contributed by atoms with van der Waals surface area (Å²) >= 11 is 1.70. The van der Waals surface area contributed by atoms with Gasteiger partial charge < -0.3 is 0 Å². The highest BCUT2D eigenvalue weighted by atomic mass is 32.1. The van der Waals surface area contributed by atoms with E-state index in [9.17, 15) is 0 Å². The average Bonchev–Trinajstić information content (AvgIpc) is 2.66. The van der Waals surface area contributed by atoms with Gasteiger partial charge >= 0.3 is 0 Å². The molecule has 0 radical (unpaired) electrons. The van der Waals surface area contributed by atoms with E-state index < -0.39 is 0 Å². The van der Waals surface area contributed by atoms with Crippen molar-refractivity contribution in [2.45, 2.75) is 25.7 Å². The first-order valence-electron chi connectivity index (χ1n) is 5.82. The molecule has 1 aromatic heterocycles. The molecule has 0 atom stereocenters. The highest BCUT2D eigenvalue weighted by Gasteiger charge is 2.18. The lowest BCUT2D eigenvalue weighted by Gasteiger charge is -2.03. The Balaban J connectivity index is 2.15. The predicted octanol–water partition coefficient (Wildman–Crippen LogP) is 3.36. The number of nitrogens with zero attached hydrogens (tertiary/aromatic N) is 2. The fraction of sp³-hybridized carbons (Fsp3) is 0.286. The summed E-state index contributed by atoms with van der Waals surface area (Å²) in [6.07, 6.45) is 3.83. The van der Waals surface area contributed by atoms with Crippen molar-refractivity contribution >= 4 is 11.3 Å². The number of rotatable bonds is 1. The molecular weight excluding hydrogens is 228 g/mol. The fourth-order valence-corrected chi connectivity index (χ4v) is 3.39. The molecule has 2 nitrogen and oxygen atoms in total. The summed E-state index contributed by atoms with van der Waals surface area (Å²) in [4.78, 5) is 5.99. The Kier molecular flexibility index (Phi) is 2.66. The van der Waals surface area contributed by atoms with Crippen LogP contribution >= 0.6 is 11.3 Å². The first-order valence-corrected chi connectivity index (χ1v) is 6.64. The van der Waals surface area contributed by atoms with E-state index >= 15 is 0 Å². The van der Waals surface area contributed by atoms with Gasteiger partial charge in [-0.15, -0.1) is 11.3 Å². The van der Waals surface area contributed by atoms with Gasteiger partial charge in [-0.2, -0.15) is 5.26 Å². The lowest BCUT2D eigenvalue weighted by Crippen LogP contribution is -1.88. The van der Waals surface area contributed by atoms with Crippen LogP contribution in [0.1, 0.15) is 21.9 Å². The number of fused-ring (bicyclic) bond motifs is 3. The highest BCUT2D eigenvalue weighted by molar-refractivity contribution is 7.12. The summed E-state index contributed by atoms with van der Waals surface area (Å²) in [5.74, 6) is 0. The third kappa shape index (κ3) is 1.85. The van der Waals surface area contributed by atoms with Gasteiger partial charge in [-0.25, -0.2) is 4.98 Å². The highest BCUT2D eigenvalue weighted by Crippen LogP contribution is 2.35. The van der Waals surface area contributed by atoms with Crippen LogP contribution < -0.4 is 0 Å². The van der Waals surface area contributed by atoms with Crippen molar-refractivity contribution in [1.82, 2.24) is 4.98 Å². The minimum atomic E-state index is 0.430. The molecule has 0 spiro atoms. The van der Waals surface area contributed by atoms with Crippen LogP contribution in [0, 0.1) is 11.3 Å². The van der Waals surface area contributed by atoms with Crippen molar-refractivity contribution in [3.63, 3.8) is 0 Å². The molecule has 3 heteroatoms. The van der Waals surface area contributed by atoms with Gasteiger partial charge in [0.2, 0.25) is 0 Å². The second kappa shape index (κ2) is 4.31.